The van der Waals surface area contributed by atoms with Crippen molar-refractivity contribution >= 4 is 22.7 Å². The van der Waals surface area contributed by atoms with Gasteiger partial charge in [0.1, 0.15) is 11.3 Å². The average Bonchev–Trinajstić information content (AvgIpc) is 3.14. The quantitative estimate of drug-likeness (QED) is 0.441. The molecule has 0 aliphatic heterocycles. The zero-order valence-corrected chi connectivity index (χ0v) is 17.6. The Hall–Kier alpha value is -3.60. The van der Waals surface area contributed by atoms with Gasteiger partial charge in [-0.05, 0) is 86.8 Å². The molecule has 152 valence electrons. The highest BCUT2D eigenvalue weighted by Crippen LogP contribution is 2.32. The molecule has 5 heteroatoms. The maximum atomic E-state index is 12.7. The Balaban J connectivity index is 1.63. The SMILES string of the molecule is CCOc1ccc(C(=O)Nc2cccc(-c3nc4cc(C)cc(C)c4o3)c2C)cc1. The number of aromatic nitrogens is 1. The maximum absolute atomic E-state index is 12.7. The molecule has 0 radical (unpaired) electrons. The van der Waals surface area contributed by atoms with Crippen LogP contribution in [0.2, 0.25) is 0 Å². The third-order valence-electron chi connectivity index (χ3n) is 5.06. The summed E-state index contributed by atoms with van der Waals surface area (Å²) in [6.07, 6.45) is 0. The molecular formula is C25H24N2O3. The predicted molar refractivity (Wildman–Crippen MR) is 119 cm³/mol. The summed E-state index contributed by atoms with van der Waals surface area (Å²) in [5, 5.41) is 2.99. The van der Waals surface area contributed by atoms with Crippen LogP contribution < -0.4 is 10.1 Å². The van der Waals surface area contributed by atoms with E-state index in [1.807, 2.05) is 52.0 Å². The number of oxazole rings is 1. The van der Waals surface area contributed by atoms with Crippen molar-refractivity contribution in [3.63, 3.8) is 0 Å². The van der Waals surface area contributed by atoms with Crippen LogP contribution in [-0.4, -0.2) is 17.5 Å². The van der Waals surface area contributed by atoms with Gasteiger partial charge in [0, 0.05) is 16.8 Å². The molecule has 1 amide bonds. The van der Waals surface area contributed by atoms with Crippen LogP contribution in [0.3, 0.4) is 0 Å². The highest BCUT2D eigenvalue weighted by molar-refractivity contribution is 6.05. The van der Waals surface area contributed by atoms with Crippen molar-refractivity contribution in [1.29, 1.82) is 0 Å². The monoisotopic (exact) mass is 400 g/mol. The number of carbonyl (C=O) groups is 1. The van der Waals surface area contributed by atoms with E-state index in [4.69, 9.17) is 9.15 Å². The van der Waals surface area contributed by atoms with Crippen LogP contribution in [0.1, 0.15) is 34.0 Å². The number of ether oxygens (including phenoxy) is 1. The second-order valence-corrected chi connectivity index (χ2v) is 7.34. The number of aryl methyl sites for hydroxylation is 2. The van der Waals surface area contributed by atoms with Crippen LogP contribution in [-0.2, 0) is 0 Å². The van der Waals surface area contributed by atoms with Crippen LogP contribution >= 0.6 is 0 Å². The Bertz CT molecular complexity index is 1220. The van der Waals surface area contributed by atoms with Crippen LogP contribution in [0.25, 0.3) is 22.6 Å². The van der Waals surface area contributed by atoms with E-state index < -0.39 is 0 Å². The van der Waals surface area contributed by atoms with E-state index in [0.29, 0.717) is 18.1 Å². The van der Waals surface area contributed by atoms with Crippen molar-refractivity contribution in [2.75, 3.05) is 11.9 Å². The second kappa shape index (κ2) is 8.03. The zero-order valence-electron chi connectivity index (χ0n) is 17.6. The van der Waals surface area contributed by atoms with Gasteiger partial charge in [-0.1, -0.05) is 12.1 Å². The summed E-state index contributed by atoms with van der Waals surface area (Å²) >= 11 is 0. The molecule has 4 aromatic rings. The molecule has 1 aromatic heterocycles. The Kier molecular flexibility index (Phi) is 5.27. The lowest BCUT2D eigenvalue weighted by atomic mass is 10.1. The minimum Gasteiger partial charge on any atom is -0.494 e. The predicted octanol–water partition coefficient (Wildman–Crippen LogP) is 6.07. The van der Waals surface area contributed by atoms with Crippen molar-refractivity contribution < 1.29 is 13.9 Å². The molecule has 30 heavy (non-hydrogen) atoms. The van der Waals surface area contributed by atoms with E-state index in [2.05, 4.69) is 16.4 Å². The number of carbonyl (C=O) groups excluding carboxylic acids is 1. The van der Waals surface area contributed by atoms with Gasteiger partial charge in [-0.3, -0.25) is 4.79 Å². The van der Waals surface area contributed by atoms with E-state index in [9.17, 15) is 4.79 Å². The number of hydrogen-bond acceptors (Lipinski definition) is 4. The molecule has 0 saturated heterocycles. The molecule has 3 aromatic carbocycles. The second-order valence-electron chi connectivity index (χ2n) is 7.34. The van der Waals surface area contributed by atoms with E-state index >= 15 is 0 Å². The van der Waals surface area contributed by atoms with Gasteiger partial charge >= 0.3 is 0 Å². The smallest absolute Gasteiger partial charge is 0.255 e. The Morgan fingerprint density at radius 3 is 2.57 bits per heavy atom. The normalized spacial score (nSPS) is 10.9. The molecule has 4 rings (SSSR count). The lowest BCUT2D eigenvalue weighted by Gasteiger charge is -2.11. The van der Waals surface area contributed by atoms with E-state index in [0.717, 1.165) is 44.8 Å². The first kappa shape index (κ1) is 19.7. The lowest BCUT2D eigenvalue weighted by Crippen LogP contribution is -2.13. The van der Waals surface area contributed by atoms with Gasteiger partial charge in [0.25, 0.3) is 5.91 Å². The van der Waals surface area contributed by atoms with E-state index in [1.165, 1.54) is 0 Å². The number of fused-ring (bicyclic) bond motifs is 1. The molecule has 0 fully saturated rings. The van der Waals surface area contributed by atoms with Gasteiger partial charge < -0.3 is 14.5 Å². The maximum Gasteiger partial charge on any atom is 0.255 e. The van der Waals surface area contributed by atoms with Crippen molar-refractivity contribution in [2.45, 2.75) is 27.7 Å². The zero-order chi connectivity index (χ0) is 21.3. The molecule has 0 atom stereocenters. The molecule has 0 unspecified atom stereocenters. The van der Waals surface area contributed by atoms with Gasteiger partial charge in [-0.15, -0.1) is 0 Å². The summed E-state index contributed by atoms with van der Waals surface area (Å²) in [5.74, 6) is 1.12. The third kappa shape index (κ3) is 3.79. The fourth-order valence-corrected chi connectivity index (χ4v) is 3.56. The largest absolute Gasteiger partial charge is 0.494 e. The summed E-state index contributed by atoms with van der Waals surface area (Å²) in [6, 6.07) is 16.9. The van der Waals surface area contributed by atoms with Gasteiger partial charge in [0.15, 0.2) is 5.58 Å². The number of benzene rings is 3. The van der Waals surface area contributed by atoms with E-state index in [1.54, 1.807) is 24.3 Å². The van der Waals surface area contributed by atoms with Gasteiger partial charge in [0.05, 0.1) is 6.61 Å². The first-order chi connectivity index (χ1) is 14.5. The molecule has 1 heterocycles. The summed E-state index contributed by atoms with van der Waals surface area (Å²) in [5.41, 5.74) is 6.88. The first-order valence-corrected chi connectivity index (χ1v) is 9.98. The molecule has 0 saturated carbocycles. The summed E-state index contributed by atoms with van der Waals surface area (Å²) in [6.45, 7) is 8.53. The lowest BCUT2D eigenvalue weighted by molar-refractivity contribution is 0.102. The van der Waals surface area contributed by atoms with Crippen LogP contribution in [0, 0.1) is 20.8 Å². The van der Waals surface area contributed by atoms with Crippen molar-refractivity contribution in [3.05, 3.63) is 76.9 Å². The molecule has 0 aliphatic carbocycles. The Morgan fingerprint density at radius 2 is 1.83 bits per heavy atom. The number of nitrogens with zero attached hydrogens (tertiary/aromatic N) is 1. The van der Waals surface area contributed by atoms with Crippen molar-refractivity contribution in [3.8, 4) is 17.2 Å². The standard InChI is InChI=1S/C25H24N2O3/c1-5-29-19-11-9-18(10-12-19)24(28)26-21-8-6-7-20(17(21)4)25-27-22-14-15(2)13-16(3)23(22)30-25/h6-14H,5H2,1-4H3,(H,26,28). The minimum atomic E-state index is -0.178. The summed E-state index contributed by atoms with van der Waals surface area (Å²) < 4.78 is 11.5. The van der Waals surface area contributed by atoms with Crippen LogP contribution in [0.15, 0.2) is 59.0 Å². The number of anilines is 1. The van der Waals surface area contributed by atoms with Crippen LogP contribution in [0.5, 0.6) is 5.75 Å². The number of amides is 1. The number of nitrogens with one attached hydrogen (secondary N) is 1. The van der Waals surface area contributed by atoms with E-state index in [-0.39, 0.29) is 5.91 Å². The topological polar surface area (TPSA) is 64.4 Å². The highest BCUT2D eigenvalue weighted by Gasteiger charge is 2.16. The fourth-order valence-electron chi connectivity index (χ4n) is 3.56. The van der Waals surface area contributed by atoms with Gasteiger partial charge in [0.2, 0.25) is 5.89 Å². The van der Waals surface area contributed by atoms with Crippen molar-refractivity contribution in [1.82, 2.24) is 4.98 Å². The van der Waals surface area contributed by atoms with Crippen molar-refractivity contribution in [2.24, 2.45) is 0 Å². The molecule has 0 aliphatic rings. The molecular weight excluding hydrogens is 376 g/mol. The Morgan fingerprint density at radius 1 is 1.07 bits per heavy atom. The fraction of sp³-hybridized carbons (Fsp3) is 0.200. The van der Waals surface area contributed by atoms with Crippen LogP contribution in [0.4, 0.5) is 5.69 Å². The molecule has 5 nitrogen and oxygen atoms in total. The average molecular weight is 400 g/mol. The van der Waals surface area contributed by atoms with Gasteiger partial charge in [-0.2, -0.15) is 0 Å². The highest BCUT2D eigenvalue weighted by atomic mass is 16.5. The summed E-state index contributed by atoms with van der Waals surface area (Å²) in [4.78, 5) is 17.4. The summed E-state index contributed by atoms with van der Waals surface area (Å²) in [7, 11) is 0. The van der Waals surface area contributed by atoms with Gasteiger partial charge in [-0.25, -0.2) is 4.98 Å². The molecule has 0 spiro atoms. The Labute approximate surface area is 175 Å². The molecule has 0 bridgehead atoms. The molecule has 1 N–H and O–H groups in total. The minimum absolute atomic E-state index is 0.178. The number of rotatable bonds is 5. The first-order valence-electron chi connectivity index (χ1n) is 9.98. The number of hydrogen-bond donors (Lipinski definition) is 1. The third-order valence-corrected chi connectivity index (χ3v) is 5.06.